The lowest BCUT2D eigenvalue weighted by Crippen LogP contribution is -2.34. The Morgan fingerprint density at radius 2 is 2.47 bits per heavy atom. The van der Waals surface area contributed by atoms with Gasteiger partial charge in [-0.05, 0) is 11.6 Å². The number of aromatic nitrogens is 1. The van der Waals surface area contributed by atoms with Crippen LogP contribution < -0.4 is 10.1 Å². The fraction of sp³-hybridized carbons (Fsp3) is 0.500. The van der Waals surface area contributed by atoms with Gasteiger partial charge in [0.15, 0.2) is 0 Å². The summed E-state index contributed by atoms with van der Waals surface area (Å²) in [6.45, 7) is 2.27. The minimum Gasteiger partial charge on any atom is -0.481 e. The summed E-state index contributed by atoms with van der Waals surface area (Å²) in [5, 5.41) is 3.79. The first-order valence-corrected chi connectivity index (χ1v) is 5.20. The lowest BCUT2D eigenvalue weighted by molar-refractivity contribution is 0.0768. The van der Waals surface area contributed by atoms with Gasteiger partial charge in [0.25, 0.3) is 0 Å². The maximum atomic E-state index is 5.89. The van der Waals surface area contributed by atoms with Crippen molar-refractivity contribution in [3.05, 3.63) is 22.8 Å². The number of pyridine rings is 1. The van der Waals surface area contributed by atoms with Gasteiger partial charge < -0.3 is 14.8 Å². The van der Waals surface area contributed by atoms with Gasteiger partial charge in [-0.15, -0.1) is 0 Å². The third-order valence-electron chi connectivity index (χ3n) is 2.33. The standard InChI is InChI=1S/C10H13ClN2O2/c1-14-10-5-7(4-9(11)13-10)8-6-15-3-2-12-8/h4-5,8,12H,2-3,6H2,1H3/t8-/m0/s1. The average Bonchev–Trinajstić information content (AvgIpc) is 2.29. The molecule has 5 heteroatoms. The van der Waals surface area contributed by atoms with Crippen molar-refractivity contribution in [2.75, 3.05) is 26.9 Å². The Bertz CT molecular complexity index is 340. The predicted molar refractivity (Wildman–Crippen MR) is 57.4 cm³/mol. The van der Waals surface area contributed by atoms with Crippen molar-refractivity contribution in [3.63, 3.8) is 0 Å². The molecule has 0 aromatic carbocycles. The van der Waals surface area contributed by atoms with E-state index in [0.717, 1.165) is 18.7 Å². The molecular weight excluding hydrogens is 216 g/mol. The number of hydrogen-bond acceptors (Lipinski definition) is 4. The molecule has 2 rings (SSSR count). The van der Waals surface area contributed by atoms with Gasteiger partial charge in [0, 0.05) is 12.6 Å². The first-order valence-electron chi connectivity index (χ1n) is 4.82. The molecule has 1 aromatic rings. The van der Waals surface area contributed by atoms with Crippen LogP contribution in [-0.2, 0) is 4.74 Å². The molecule has 0 spiro atoms. The minimum absolute atomic E-state index is 0.174. The molecule has 0 unspecified atom stereocenters. The van der Waals surface area contributed by atoms with Gasteiger partial charge in [-0.1, -0.05) is 11.6 Å². The monoisotopic (exact) mass is 228 g/mol. The van der Waals surface area contributed by atoms with Crippen LogP contribution in [0.2, 0.25) is 5.15 Å². The molecule has 2 heterocycles. The van der Waals surface area contributed by atoms with E-state index in [1.807, 2.05) is 12.1 Å². The molecule has 0 aliphatic carbocycles. The number of morpholine rings is 1. The second-order valence-corrected chi connectivity index (χ2v) is 3.73. The van der Waals surface area contributed by atoms with Crippen molar-refractivity contribution in [1.29, 1.82) is 0 Å². The van der Waals surface area contributed by atoms with Crippen LogP contribution in [0.15, 0.2) is 12.1 Å². The zero-order chi connectivity index (χ0) is 10.7. The van der Waals surface area contributed by atoms with Gasteiger partial charge in [0.05, 0.1) is 26.4 Å². The van der Waals surface area contributed by atoms with Crippen molar-refractivity contribution in [2.24, 2.45) is 0 Å². The van der Waals surface area contributed by atoms with Crippen LogP contribution in [0.5, 0.6) is 5.88 Å². The van der Waals surface area contributed by atoms with Crippen LogP contribution in [0.4, 0.5) is 0 Å². The topological polar surface area (TPSA) is 43.4 Å². The van der Waals surface area contributed by atoms with Crippen molar-refractivity contribution in [2.45, 2.75) is 6.04 Å². The lowest BCUT2D eigenvalue weighted by Gasteiger charge is -2.24. The van der Waals surface area contributed by atoms with E-state index in [0.29, 0.717) is 17.6 Å². The maximum Gasteiger partial charge on any atom is 0.214 e. The summed E-state index contributed by atoms with van der Waals surface area (Å²) < 4.78 is 10.4. The van der Waals surface area contributed by atoms with Crippen LogP contribution >= 0.6 is 11.6 Å². The predicted octanol–water partition coefficient (Wildman–Crippen LogP) is 1.40. The summed E-state index contributed by atoms with van der Waals surface area (Å²) in [6.07, 6.45) is 0. The highest BCUT2D eigenvalue weighted by Crippen LogP contribution is 2.22. The zero-order valence-corrected chi connectivity index (χ0v) is 9.25. The molecule has 0 saturated carbocycles. The number of rotatable bonds is 2. The van der Waals surface area contributed by atoms with Gasteiger partial charge >= 0.3 is 0 Å². The van der Waals surface area contributed by atoms with E-state index in [9.17, 15) is 0 Å². The summed E-state index contributed by atoms with van der Waals surface area (Å²) >= 11 is 5.89. The summed E-state index contributed by atoms with van der Waals surface area (Å²) in [6, 6.07) is 3.88. The van der Waals surface area contributed by atoms with Crippen LogP contribution in [0.3, 0.4) is 0 Å². The molecule has 0 bridgehead atoms. The normalized spacial score (nSPS) is 21.3. The second kappa shape index (κ2) is 4.79. The molecule has 1 fully saturated rings. The zero-order valence-electron chi connectivity index (χ0n) is 8.50. The molecule has 1 aromatic heterocycles. The summed E-state index contributed by atoms with van der Waals surface area (Å²) in [4.78, 5) is 4.02. The SMILES string of the molecule is COc1cc([C@@H]2COCCN2)cc(Cl)n1. The quantitative estimate of drug-likeness (QED) is 0.778. The maximum absolute atomic E-state index is 5.89. The fourth-order valence-electron chi connectivity index (χ4n) is 1.58. The van der Waals surface area contributed by atoms with E-state index in [2.05, 4.69) is 10.3 Å². The highest BCUT2D eigenvalue weighted by molar-refractivity contribution is 6.29. The fourth-order valence-corrected chi connectivity index (χ4v) is 1.79. The Labute approximate surface area is 93.6 Å². The number of nitrogens with one attached hydrogen (secondary N) is 1. The van der Waals surface area contributed by atoms with E-state index < -0.39 is 0 Å². The molecule has 1 aliphatic rings. The third kappa shape index (κ3) is 2.59. The number of halogens is 1. The molecule has 0 radical (unpaired) electrons. The molecule has 1 atom stereocenters. The number of hydrogen-bond donors (Lipinski definition) is 1. The number of ether oxygens (including phenoxy) is 2. The van der Waals surface area contributed by atoms with Crippen LogP contribution in [-0.4, -0.2) is 31.9 Å². The van der Waals surface area contributed by atoms with Crippen LogP contribution in [0.1, 0.15) is 11.6 Å². The van der Waals surface area contributed by atoms with E-state index >= 15 is 0 Å². The molecular formula is C10H13ClN2O2. The molecule has 1 aliphatic heterocycles. The third-order valence-corrected chi connectivity index (χ3v) is 2.52. The van der Waals surface area contributed by atoms with Crippen molar-refractivity contribution < 1.29 is 9.47 Å². The minimum atomic E-state index is 0.174. The van der Waals surface area contributed by atoms with Crippen molar-refractivity contribution in [1.82, 2.24) is 10.3 Å². The lowest BCUT2D eigenvalue weighted by atomic mass is 10.1. The molecule has 1 saturated heterocycles. The Kier molecular flexibility index (Phi) is 3.41. The van der Waals surface area contributed by atoms with Crippen molar-refractivity contribution in [3.8, 4) is 5.88 Å². The Balaban J connectivity index is 2.22. The smallest absolute Gasteiger partial charge is 0.214 e. The number of methoxy groups -OCH3 is 1. The largest absolute Gasteiger partial charge is 0.481 e. The molecule has 82 valence electrons. The Morgan fingerprint density at radius 1 is 1.60 bits per heavy atom. The van der Waals surface area contributed by atoms with Gasteiger partial charge in [-0.25, -0.2) is 4.98 Å². The first-order chi connectivity index (χ1) is 7.29. The van der Waals surface area contributed by atoms with E-state index in [4.69, 9.17) is 21.1 Å². The Morgan fingerprint density at radius 3 is 3.13 bits per heavy atom. The van der Waals surface area contributed by atoms with E-state index in [1.165, 1.54) is 0 Å². The first kappa shape index (κ1) is 10.7. The van der Waals surface area contributed by atoms with Gasteiger partial charge in [-0.2, -0.15) is 0 Å². The molecule has 4 nitrogen and oxygen atoms in total. The molecule has 15 heavy (non-hydrogen) atoms. The van der Waals surface area contributed by atoms with Gasteiger partial charge in [0.2, 0.25) is 5.88 Å². The highest BCUT2D eigenvalue weighted by atomic mass is 35.5. The average molecular weight is 229 g/mol. The molecule has 1 N–H and O–H groups in total. The van der Waals surface area contributed by atoms with Crippen molar-refractivity contribution >= 4 is 11.6 Å². The number of nitrogens with zero attached hydrogens (tertiary/aromatic N) is 1. The van der Waals surface area contributed by atoms with Gasteiger partial charge in [-0.3, -0.25) is 0 Å². The Hall–Kier alpha value is -0.840. The molecule has 0 amide bonds. The van der Waals surface area contributed by atoms with E-state index in [-0.39, 0.29) is 6.04 Å². The second-order valence-electron chi connectivity index (χ2n) is 3.35. The van der Waals surface area contributed by atoms with Gasteiger partial charge in [0.1, 0.15) is 5.15 Å². The van der Waals surface area contributed by atoms with Crippen LogP contribution in [0.25, 0.3) is 0 Å². The van der Waals surface area contributed by atoms with Crippen LogP contribution in [0, 0.1) is 0 Å². The summed E-state index contributed by atoms with van der Waals surface area (Å²) in [5.41, 5.74) is 1.05. The summed E-state index contributed by atoms with van der Waals surface area (Å²) in [7, 11) is 1.58. The highest BCUT2D eigenvalue weighted by Gasteiger charge is 2.16. The summed E-state index contributed by atoms with van der Waals surface area (Å²) in [5.74, 6) is 0.532. The van der Waals surface area contributed by atoms with E-state index in [1.54, 1.807) is 7.11 Å².